The van der Waals surface area contributed by atoms with E-state index in [1.54, 1.807) is 0 Å². The van der Waals surface area contributed by atoms with Gasteiger partial charge in [0.2, 0.25) is 21.8 Å². The van der Waals surface area contributed by atoms with Gasteiger partial charge in [-0.1, -0.05) is 0 Å². The molecule has 8 nitrogen and oxygen atoms in total. The molecule has 1 atom stereocenters. The van der Waals surface area contributed by atoms with Gasteiger partial charge in [0, 0.05) is 26.0 Å². The normalized spacial score (nSPS) is 21.2. The number of methoxy groups -OCH3 is 1. The third-order valence-electron chi connectivity index (χ3n) is 4.28. The number of amides is 2. The number of ether oxygens (including phenoxy) is 2. The van der Waals surface area contributed by atoms with Crippen molar-refractivity contribution in [1.82, 2.24) is 4.72 Å². The number of carbonyl (C=O) groups is 2. The van der Waals surface area contributed by atoms with Crippen molar-refractivity contribution >= 4 is 27.5 Å². The standard InChI is InChI=1S/C16H20N2O6S/c1-23-14-5-4-12(9-13(14)18-15(19)6-7-16(18)20)25(21,22)17-10-11-3-2-8-24-11/h4-5,9,11,17H,2-3,6-8,10H2,1H3/t11-/m1/s1. The zero-order valence-corrected chi connectivity index (χ0v) is 14.7. The van der Waals surface area contributed by atoms with E-state index in [0.717, 1.165) is 17.7 Å². The summed E-state index contributed by atoms with van der Waals surface area (Å²) >= 11 is 0. The first kappa shape index (κ1) is 17.8. The van der Waals surface area contributed by atoms with E-state index in [1.807, 2.05) is 0 Å². The molecule has 0 saturated carbocycles. The monoisotopic (exact) mass is 368 g/mol. The average Bonchev–Trinajstić information content (AvgIpc) is 3.22. The molecule has 9 heteroatoms. The minimum Gasteiger partial charge on any atom is -0.495 e. The van der Waals surface area contributed by atoms with E-state index in [4.69, 9.17) is 9.47 Å². The number of nitrogens with one attached hydrogen (secondary N) is 1. The van der Waals surface area contributed by atoms with Gasteiger partial charge in [-0.25, -0.2) is 18.0 Å². The Morgan fingerprint density at radius 2 is 2.00 bits per heavy atom. The fourth-order valence-corrected chi connectivity index (χ4v) is 4.03. The smallest absolute Gasteiger partial charge is 0.240 e. The largest absolute Gasteiger partial charge is 0.495 e. The van der Waals surface area contributed by atoms with Crippen molar-refractivity contribution in [1.29, 1.82) is 0 Å². The van der Waals surface area contributed by atoms with E-state index in [-0.39, 0.29) is 53.6 Å². The van der Waals surface area contributed by atoms with Crippen LogP contribution in [0.1, 0.15) is 25.7 Å². The molecule has 2 aliphatic heterocycles. The molecule has 136 valence electrons. The third kappa shape index (κ3) is 3.68. The lowest BCUT2D eigenvalue weighted by Gasteiger charge is -2.19. The van der Waals surface area contributed by atoms with Crippen LogP contribution in [-0.4, -0.2) is 46.6 Å². The van der Waals surface area contributed by atoms with Crippen molar-refractivity contribution in [2.45, 2.75) is 36.7 Å². The van der Waals surface area contributed by atoms with Gasteiger partial charge in [-0.15, -0.1) is 0 Å². The Morgan fingerprint density at radius 1 is 1.28 bits per heavy atom. The Morgan fingerprint density at radius 3 is 2.60 bits per heavy atom. The molecular formula is C16H20N2O6S. The Hall–Kier alpha value is -1.97. The molecule has 1 N–H and O–H groups in total. The van der Waals surface area contributed by atoms with Gasteiger partial charge in [-0.05, 0) is 31.0 Å². The van der Waals surface area contributed by atoms with Gasteiger partial charge in [0.25, 0.3) is 0 Å². The zero-order chi connectivity index (χ0) is 18.0. The van der Waals surface area contributed by atoms with Gasteiger partial charge in [-0.3, -0.25) is 9.59 Å². The lowest BCUT2D eigenvalue weighted by atomic mass is 10.2. The Bertz CT molecular complexity index is 770. The summed E-state index contributed by atoms with van der Waals surface area (Å²) < 4.78 is 38.1. The molecule has 2 aliphatic rings. The number of hydrogen-bond acceptors (Lipinski definition) is 6. The second-order valence-electron chi connectivity index (χ2n) is 5.94. The first-order valence-corrected chi connectivity index (χ1v) is 9.56. The predicted molar refractivity (Wildman–Crippen MR) is 88.9 cm³/mol. The van der Waals surface area contributed by atoms with Crippen molar-refractivity contribution in [2.75, 3.05) is 25.2 Å². The number of rotatable bonds is 6. The molecule has 2 heterocycles. The van der Waals surface area contributed by atoms with E-state index >= 15 is 0 Å². The highest BCUT2D eigenvalue weighted by molar-refractivity contribution is 7.89. The van der Waals surface area contributed by atoms with Gasteiger partial charge in [-0.2, -0.15) is 0 Å². The molecule has 0 unspecified atom stereocenters. The maximum Gasteiger partial charge on any atom is 0.240 e. The molecule has 1 aromatic carbocycles. The topological polar surface area (TPSA) is 102 Å². The summed E-state index contributed by atoms with van der Waals surface area (Å²) in [4.78, 5) is 24.9. The van der Waals surface area contributed by atoms with Crippen LogP contribution in [0.25, 0.3) is 0 Å². The van der Waals surface area contributed by atoms with Crippen LogP contribution in [0.3, 0.4) is 0 Å². The van der Waals surface area contributed by atoms with Crippen molar-refractivity contribution in [3.8, 4) is 5.75 Å². The van der Waals surface area contributed by atoms with Crippen LogP contribution < -0.4 is 14.4 Å². The molecule has 0 aromatic heterocycles. The molecule has 2 saturated heterocycles. The molecule has 3 rings (SSSR count). The minimum absolute atomic E-state index is 0.0335. The van der Waals surface area contributed by atoms with Crippen LogP contribution in [0, 0.1) is 0 Å². The van der Waals surface area contributed by atoms with Gasteiger partial charge < -0.3 is 9.47 Å². The van der Waals surface area contributed by atoms with Crippen molar-refractivity contribution < 1.29 is 27.5 Å². The van der Waals surface area contributed by atoms with E-state index in [1.165, 1.54) is 25.3 Å². The van der Waals surface area contributed by atoms with E-state index in [2.05, 4.69) is 4.72 Å². The zero-order valence-electron chi connectivity index (χ0n) is 13.9. The van der Waals surface area contributed by atoms with Crippen LogP contribution in [0.5, 0.6) is 5.75 Å². The summed E-state index contributed by atoms with van der Waals surface area (Å²) in [5.41, 5.74) is 0.148. The van der Waals surface area contributed by atoms with Gasteiger partial charge in [0.1, 0.15) is 5.75 Å². The lowest BCUT2D eigenvalue weighted by molar-refractivity contribution is -0.121. The Kier molecular flexibility index (Phi) is 5.07. The highest BCUT2D eigenvalue weighted by Gasteiger charge is 2.33. The first-order chi connectivity index (χ1) is 11.9. The molecule has 0 aliphatic carbocycles. The number of imide groups is 1. The molecule has 1 aromatic rings. The average molecular weight is 368 g/mol. The SMILES string of the molecule is COc1ccc(S(=O)(=O)NC[C@H]2CCCO2)cc1N1C(=O)CCC1=O. The van der Waals surface area contributed by atoms with Crippen LogP contribution in [0.2, 0.25) is 0 Å². The Labute approximate surface area is 146 Å². The molecule has 2 fully saturated rings. The summed E-state index contributed by atoms with van der Waals surface area (Å²) in [5.74, 6) is -0.475. The highest BCUT2D eigenvalue weighted by atomic mass is 32.2. The number of sulfonamides is 1. The van der Waals surface area contributed by atoms with Gasteiger partial charge >= 0.3 is 0 Å². The second-order valence-corrected chi connectivity index (χ2v) is 7.71. The maximum atomic E-state index is 12.5. The second kappa shape index (κ2) is 7.11. The number of hydrogen-bond donors (Lipinski definition) is 1. The first-order valence-electron chi connectivity index (χ1n) is 8.07. The molecule has 0 bridgehead atoms. The maximum absolute atomic E-state index is 12.5. The molecular weight excluding hydrogens is 348 g/mol. The quantitative estimate of drug-likeness (QED) is 0.746. The summed E-state index contributed by atoms with van der Waals surface area (Å²) in [6.07, 6.45) is 1.81. The number of anilines is 1. The molecule has 0 spiro atoms. The van der Waals surface area contributed by atoms with E-state index in [0.29, 0.717) is 6.61 Å². The van der Waals surface area contributed by atoms with Gasteiger partial charge in [0.15, 0.2) is 0 Å². The summed E-state index contributed by atoms with van der Waals surface area (Å²) in [6.45, 7) is 0.823. The lowest BCUT2D eigenvalue weighted by Crippen LogP contribution is -2.32. The number of carbonyl (C=O) groups excluding carboxylic acids is 2. The number of benzene rings is 1. The van der Waals surface area contributed by atoms with Crippen molar-refractivity contribution in [2.24, 2.45) is 0 Å². The summed E-state index contributed by atoms with van der Waals surface area (Å²) in [6, 6.07) is 4.11. The molecule has 0 radical (unpaired) electrons. The summed E-state index contributed by atoms with van der Waals surface area (Å²) in [7, 11) is -2.40. The van der Waals surface area contributed by atoms with E-state index < -0.39 is 10.0 Å². The number of nitrogens with zero attached hydrogens (tertiary/aromatic N) is 1. The van der Waals surface area contributed by atoms with Crippen LogP contribution in [0.15, 0.2) is 23.1 Å². The van der Waals surface area contributed by atoms with Crippen LogP contribution >= 0.6 is 0 Å². The molecule has 25 heavy (non-hydrogen) atoms. The van der Waals surface area contributed by atoms with Crippen molar-refractivity contribution in [3.63, 3.8) is 0 Å². The molecule has 2 amide bonds. The van der Waals surface area contributed by atoms with Crippen LogP contribution in [0.4, 0.5) is 5.69 Å². The Balaban J connectivity index is 1.87. The van der Waals surface area contributed by atoms with Crippen molar-refractivity contribution in [3.05, 3.63) is 18.2 Å². The van der Waals surface area contributed by atoms with Crippen LogP contribution in [-0.2, 0) is 24.3 Å². The third-order valence-corrected chi connectivity index (χ3v) is 5.70. The highest BCUT2D eigenvalue weighted by Crippen LogP contribution is 2.34. The fourth-order valence-electron chi connectivity index (χ4n) is 2.95. The fraction of sp³-hybridized carbons (Fsp3) is 0.500. The predicted octanol–water partition coefficient (Wildman–Crippen LogP) is 0.806. The van der Waals surface area contributed by atoms with Gasteiger partial charge in [0.05, 0.1) is 23.8 Å². The minimum atomic E-state index is -3.79. The summed E-state index contributed by atoms with van der Waals surface area (Å²) in [5, 5.41) is 0. The van der Waals surface area contributed by atoms with E-state index in [9.17, 15) is 18.0 Å².